The third-order valence-electron chi connectivity index (χ3n) is 2.57. The van der Waals surface area contributed by atoms with Gasteiger partial charge in [-0.25, -0.2) is 4.98 Å². The number of nitrogens with zero attached hydrogens (tertiary/aromatic N) is 2. The van der Waals surface area contributed by atoms with Crippen LogP contribution in [0.4, 0.5) is 5.69 Å². The van der Waals surface area contributed by atoms with Crippen molar-refractivity contribution in [1.82, 2.24) is 4.98 Å². The number of pyridine rings is 1. The van der Waals surface area contributed by atoms with E-state index >= 15 is 0 Å². The molecule has 2 N–H and O–H groups in total. The molecule has 0 atom stereocenters. The lowest BCUT2D eigenvalue weighted by atomic mass is 10.1. The minimum absolute atomic E-state index is 0.138. The van der Waals surface area contributed by atoms with Gasteiger partial charge in [0.05, 0.1) is 44.6 Å². The SMILES string of the molecule is N#CCc1nc(-c2ccc(Cl)c(Cl)c2Cl)ccc1N. The maximum absolute atomic E-state index is 8.73. The van der Waals surface area contributed by atoms with Gasteiger partial charge in [0.2, 0.25) is 0 Å². The van der Waals surface area contributed by atoms with E-state index in [1.807, 2.05) is 6.07 Å². The summed E-state index contributed by atoms with van der Waals surface area (Å²) in [6, 6.07) is 8.80. The highest BCUT2D eigenvalue weighted by Gasteiger charge is 2.12. The standard InChI is InChI=1S/C13H8Cl3N3/c14-8-2-1-7(12(15)13(8)16)10-4-3-9(18)11(19-10)5-6-17/h1-4H,5,18H2. The molecule has 19 heavy (non-hydrogen) atoms. The van der Waals surface area contributed by atoms with Gasteiger partial charge in [-0.05, 0) is 24.3 Å². The van der Waals surface area contributed by atoms with Gasteiger partial charge in [0, 0.05) is 5.56 Å². The summed E-state index contributed by atoms with van der Waals surface area (Å²) in [5.74, 6) is 0. The van der Waals surface area contributed by atoms with Gasteiger partial charge in [-0.1, -0.05) is 34.8 Å². The average Bonchev–Trinajstić information content (AvgIpc) is 2.39. The van der Waals surface area contributed by atoms with Crippen LogP contribution < -0.4 is 5.73 Å². The number of benzene rings is 1. The molecule has 0 spiro atoms. The fourth-order valence-corrected chi connectivity index (χ4v) is 2.23. The van der Waals surface area contributed by atoms with Crippen LogP contribution in [0.15, 0.2) is 24.3 Å². The number of nitriles is 1. The molecule has 1 heterocycles. The summed E-state index contributed by atoms with van der Waals surface area (Å²) in [4.78, 5) is 4.33. The van der Waals surface area contributed by atoms with E-state index in [1.54, 1.807) is 24.3 Å². The van der Waals surface area contributed by atoms with Crippen molar-refractivity contribution < 1.29 is 0 Å². The molecule has 0 aliphatic carbocycles. The second kappa shape index (κ2) is 5.66. The van der Waals surface area contributed by atoms with Crippen molar-refractivity contribution in [2.45, 2.75) is 6.42 Å². The molecule has 1 aromatic heterocycles. The van der Waals surface area contributed by atoms with Crippen molar-refractivity contribution in [2.75, 3.05) is 5.73 Å². The van der Waals surface area contributed by atoms with E-state index in [2.05, 4.69) is 4.98 Å². The van der Waals surface area contributed by atoms with E-state index in [9.17, 15) is 0 Å². The zero-order valence-electron chi connectivity index (χ0n) is 9.62. The Hall–Kier alpha value is -1.47. The van der Waals surface area contributed by atoms with Gasteiger partial charge in [-0.2, -0.15) is 5.26 Å². The van der Waals surface area contributed by atoms with E-state index in [0.717, 1.165) is 0 Å². The van der Waals surface area contributed by atoms with Crippen molar-refractivity contribution in [3.8, 4) is 17.3 Å². The number of hydrogen-bond donors (Lipinski definition) is 1. The molecule has 6 heteroatoms. The maximum Gasteiger partial charge on any atom is 0.0795 e. The van der Waals surface area contributed by atoms with Crippen molar-refractivity contribution in [3.63, 3.8) is 0 Å². The predicted octanol–water partition coefficient (Wildman–Crippen LogP) is 4.36. The largest absolute Gasteiger partial charge is 0.397 e. The fraction of sp³-hybridized carbons (Fsp3) is 0.0769. The van der Waals surface area contributed by atoms with Gasteiger partial charge >= 0.3 is 0 Å². The van der Waals surface area contributed by atoms with Gasteiger partial charge in [0.25, 0.3) is 0 Å². The van der Waals surface area contributed by atoms with E-state index in [4.69, 9.17) is 45.8 Å². The Morgan fingerprint density at radius 2 is 1.84 bits per heavy atom. The second-order valence-electron chi connectivity index (χ2n) is 3.79. The molecule has 0 fully saturated rings. The zero-order chi connectivity index (χ0) is 14.0. The summed E-state index contributed by atoms with van der Waals surface area (Å²) in [6.07, 6.45) is 0.138. The normalized spacial score (nSPS) is 10.2. The number of aromatic nitrogens is 1. The van der Waals surface area contributed by atoms with Gasteiger partial charge in [0.1, 0.15) is 0 Å². The molecule has 0 amide bonds. The van der Waals surface area contributed by atoms with Crippen LogP contribution in [0, 0.1) is 11.3 Å². The van der Waals surface area contributed by atoms with Gasteiger partial charge in [-0.15, -0.1) is 0 Å². The number of rotatable bonds is 2. The molecule has 0 aliphatic heterocycles. The smallest absolute Gasteiger partial charge is 0.0795 e. The first-order valence-corrected chi connectivity index (χ1v) is 6.44. The molecule has 0 saturated heterocycles. The summed E-state index contributed by atoms with van der Waals surface area (Å²) in [7, 11) is 0. The molecule has 0 saturated carbocycles. The Morgan fingerprint density at radius 3 is 2.53 bits per heavy atom. The van der Waals surface area contributed by atoms with Crippen molar-refractivity contribution in [2.24, 2.45) is 0 Å². The van der Waals surface area contributed by atoms with E-state index < -0.39 is 0 Å². The van der Waals surface area contributed by atoms with Gasteiger partial charge < -0.3 is 5.73 Å². The molecule has 3 nitrogen and oxygen atoms in total. The highest BCUT2D eigenvalue weighted by molar-refractivity contribution is 6.49. The molecule has 2 rings (SSSR count). The molecular weight excluding hydrogens is 305 g/mol. The Kier molecular flexibility index (Phi) is 4.16. The molecule has 0 radical (unpaired) electrons. The first-order chi connectivity index (χ1) is 9.04. The van der Waals surface area contributed by atoms with Crippen LogP contribution in [0.2, 0.25) is 15.1 Å². The Bertz CT molecular complexity index is 678. The average molecular weight is 313 g/mol. The van der Waals surface area contributed by atoms with Gasteiger partial charge in [-0.3, -0.25) is 0 Å². The van der Waals surface area contributed by atoms with E-state index in [1.165, 1.54) is 0 Å². The summed E-state index contributed by atoms with van der Waals surface area (Å²) in [5.41, 5.74) is 7.99. The monoisotopic (exact) mass is 311 g/mol. The van der Waals surface area contributed by atoms with E-state index in [0.29, 0.717) is 32.7 Å². The topological polar surface area (TPSA) is 62.7 Å². The maximum atomic E-state index is 8.73. The number of nitrogens with two attached hydrogens (primary N) is 1. The summed E-state index contributed by atoms with van der Waals surface area (Å²) in [6.45, 7) is 0. The molecule has 0 unspecified atom stereocenters. The van der Waals surface area contributed by atoms with Crippen LogP contribution in [0.3, 0.4) is 0 Å². The Balaban J connectivity index is 2.57. The van der Waals surface area contributed by atoms with Crippen LogP contribution >= 0.6 is 34.8 Å². The molecule has 1 aromatic carbocycles. The molecule has 2 aromatic rings. The highest BCUT2D eigenvalue weighted by Crippen LogP contribution is 2.37. The lowest BCUT2D eigenvalue weighted by Gasteiger charge is -2.09. The van der Waals surface area contributed by atoms with E-state index in [-0.39, 0.29) is 11.4 Å². The first kappa shape index (κ1) is 14.0. The summed E-state index contributed by atoms with van der Waals surface area (Å²) in [5, 5.41) is 9.72. The minimum Gasteiger partial charge on any atom is -0.397 e. The van der Waals surface area contributed by atoms with Crippen molar-refractivity contribution in [3.05, 3.63) is 45.0 Å². The zero-order valence-corrected chi connectivity index (χ0v) is 11.9. The number of nitrogen functional groups attached to an aromatic ring is 1. The van der Waals surface area contributed by atoms with Crippen LogP contribution in [-0.2, 0) is 6.42 Å². The number of hydrogen-bond acceptors (Lipinski definition) is 3. The van der Waals surface area contributed by atoms with Crippen molar-refractivity contribution >= 4 is 40.5 Å². The third-order valence-corrected chi connectivity index (χ3v) is 3.86. The minimum atomic E-state index is 0.138. The predicted molar refractivity (Wildman–Crippen MR) is 78.4 cm³/mol. The molecule has 96 valence electrons. The number of anilines is 1. The number of halogens is 3. The van der Waals surface area contributed by atoms with Crippen LogP contribution in [0.1, 0.15) is 5.69 Å². The Labute approximate surface area is 125 Å². The lowest BCUT2D eigenvalue weighted by Crippen LogP contribution is -1.98. The van der Waals surface area contributed by atoms with Crippen LogP contribution in [0.5, 0.6) is 0 Å². The van der Waals surface area contributed by atoms with Gasteiger partial charge in [0.15, 0.2) is 0 Å². The first-order valence-electron chi connectivity index (χ1n) is 5.30. The lowest BCUT2D eigenvalue weighted by molar-refractivity contribution is 1.12. The molecule has 0 bridgehead atoms. The Morgan fingerprint density at radius 1 is 1.11 bits per heavy atom. The quantitative estimate of drug-likeness (QED) is 0.838. The third kappa shape index (κ3) is 2.76. The summed E-state index contributed by atoms with van der Waals surface area (Å²) < 4.78 is 0. The van der Waals surface area contributed by atoms with Crippen LogP contribution in [0.25, 0.3) is 11.3 Å². The molecular formula is C13H8Cl3N3. The van der Waals surface area contributed by atoms with Crippen molar-refractivity contribution in [1.29, 1.82) is 5.26 Å². The second-order valence-corrected chi connectivity index (χ2v) is 4.95. The summed E-state index contributed by atoms with van der Waals surface area (Å²) >= 11 is 18.0. The fourth-order valence-electron chi connectivity index (χ4n) is 1.60. The molecule has 0 aliphatic rings. The van der Waals surface area contributed by atoms with Crippen LogP contribution in [-0.4, -0.2) is 4.98 Å². The highest BCUT2D eigenvalue weighted by atomic mass is 35.5.